The van der Waals surface area contributed by atoms with Gasteiger partial charge in [-0.3, -0.25) is 4.79 Å². The molecule has 1 aliphatic rings. The van der Waals surface area contributed by atoms with Crippen LogP contribution in [0.4, 0.5) is 5.69 Å². The molecule has 0 aromatic heterocycles. The molecule has 3 N–H and O–H groups in total. The van der Waals surface area contributed by atoms with E-state index in [1.807, 2.05) is 6.92 Å². The second kappa shape index (κ2) is 4.42. The van der Waals surface area contributed by atoms with Crippen LogP contribution in [0.5, 0.6) is 0 Å². The van der Waals surface area contributed by atoms with Crippen LogP contribution < -0.4 is 11.1 Å². The van der Waals surface area contributed by atoms with Crippen molar-refractivity contribution in [2.45, 2.75) is 25.3 Å². The number of hydrogen-bond donors (Lipinski definition) is 2. The molecule has 2 rings (SSSR count). The van der Waals surface area contributed by atoms with Gasteiger partial charge in [0.25, 0.3) is 0 Å². The minimum absolute atomic E-state index is 0.170. The highest BCUT2D eigenvalue weighted by molar-refractivity contribution is 6.01. The van der Waals surface area contributed by atoms with Gasteiger partial charge in [-0.15, -0.1) is 0 Å². The van der Waals surface area contributed by atoms with Gasteiger partial charge in [0, 0.05) is 5.69 Å². The van der Waals surface area contributed by atoms with Gasteiger partial charge in [0.05, 0.1) is 18.2 Å². The maximum Gasteiger partial charge on any atom is 0.337 e. The molecule has 0 aliphatic heterocycles. The first-order valence-electron chi connectivity index (χ1n) is 5.75. The molecule has 0 heterocycles. The summed E-state index contributed by atoms with van der Waals surface area (Å²) < 4.78 is 4.63. The first kappa shape index (κ1) is 12.6. The zero-order chi connectivity index (χ0) is 13.3. The van der Waals surface area contributed by atoms with Crippen molar-refractivity contribution in [3.05, 3.63) is 29.3 Å². The summed E-state index contributed by atoms with van der Waals surface area (Å²) in [7, 11) is 1.33. The van der Waals surface area contributed by atoms with Gasteiger partial charge < -0.3 is 15.8 Å². The Bertz CT molecular complexity index is 507. The van der Waals surface area contributed by atoms with Gasteiger partial charge in [-0.1, -0.05) is 0 Å². The van der Waals surface area contributed by atoms with Crippen molar-refractivity contribution in [2.24, 2.45) is 5.73 Å². The Balaban J connectivity index is 2.15. The highest BCUT2D eigenvalue weighted by atomic mass is 16.5. The minimum atomic E-state index is -0.701. The number of rotatable bonds is 3. The number of nitrogens with two attached hydrogens (primary N) is 1. The number of carbonyl (C=O) groups excluding carboxylic acids is 2. The van der Waals surface area contributed by atoms with Gasteiger partial charge in [0.2, 0.25) is 5.91 Å². The molecule has 1 amide bonds. The van der Waals surface area contributed by atoms with Crippen molar-refractivity contribution in [3.63, 3.8) is 0 Å². The van der Waals surface area contributed by atoms with Crippen molar-refractivity contribution >= 4 is 17.6 Å². The van der Waals surface area contributed by atoms with Crippen LogP contribution in [-0.2, 0) is 9.53 Å². The third-order valence-corrected chi connectivity index (χ3v) is 3.14. The van der Waals surface area contributed by atoms with Crippen molar-refractivity contribution in [1.29, 1.82) is 0 Å². The number of benzene rings is 1. The van der Waals surface area contributed by atoms with Crippen molar-refractivity contribution < 1.29 is 14.3 Å². The Morgan fingerprint density at radius 1 is 1.39 bits per heavy atom. The number of hydrogen-bond acceptors (Lipinski definition) is 4. The molecule has 1 fully saturated rings. The fourth-order valence-electron chi connectivity index (χ4n) is 1.66. The summed E-state index contributed by atoms with van der Waals surface area (Å²) >= 11 is 0. The standard InChI is InChI=1S/C13H16N2O3/c1-8-7-9(11(16)18-2)3-4-10(8)15-12(17)13(14)5-6-13/h3-4,7H,5-6,14H2,1-2H3,(H,15,17). The highest BCUT2D eigenvalue weighted by Crippen LogP contribution is 2.33. The summed E-state index contributed by atoms with van der Waals surface area (Å²) in [5, 5.41) is 2.78. The molecular formula is C13H16N2O3. The van der Waals surface area contributed by atoms with Gasteiger partial charge >= 0.3 is 5.97 Å². The Labute approximate surface area is 105 Å². The molecule has 0 bridgehead atoms. The van der Waals surface area contributed by atoms with Crippen molar-refractivity contribution in [3.8, 4) is 0 Å². The first-order valence-corrected chi connectivity index (χ1v) is 5.75. The average molecular weight is 248 g/mol. The number of esters is 1. The molecule has 96 valence electrons. The monoisotopic (exact) mass is 248 g/mol. The molecule has 0 radical (unpaired) electrons. The summed E-state index contributed by atoms with van der Waals surface area (Å²) in [6.07, 6.45) is 1.44. The highest BCUT2D eigenvalue weighted by Gasteiger charge is 2.46. The molecule has 0 atom stereocenters. The van der Waals surface area contributed by atoms with Crippen LogP contribution >= 0.6 is 0 Å². The van der Waals surface area contributed by atoms with Crippen LogP contribution in [0.2, 0.25) is 0 Å². The zero-order valence-corrected chi connectivity index (χ0v) is 10.4. The number of methoxy groups -OCH3 is 1. The minimum Gasteiger partial charge on any atom is -0.465 e. The van der Waals surface area contributed by atoms with Gasteiger partial charge in [-0.25, -0.2) is 4.79 Å². The molecule has 5 nitrogen and oxygen atoms in total. The Kier molecular flexibility index (Phi) is 3.09. The summed E-state index contributed by atoms with van der Waals surface area (Å²) in [6.45, 7) is 1.82. The quantitative estimate of drug-likeness (QED) is 0.788. The number of amides is 1. The van der Waals surface area contributed by atoms with Gasteiger partial charge in [-0.05, 0) is 43.5 Å². The fourth-order valence-corrected chi connectivity index (χ4v) is 1.66. The fraction of sp³-hybridized carbons (Fsp3) is 0.385. The third kappa shape index (κ3) is 2.36. The molecule has 0 unspecified atom stereocenters. The van der Waals surface area contributed by atoms with Crippen LogP contribution in [0, 0.1) is 6.92 Å². The lowest BCUT2D eigenvalue weighted by atomic mass is 10.1. The molecule has 5 heteroatoms. The van der Waals surface area contributed by atoms with Crippen LogP contribution in [-0.4, -0.2) is 24.5 Å². The molecular weight excluding hydrogens is 232 g/mol. The van der Waals surface area contributed by atoms with E-state index in [1.54, 1.807) is 18.2 Å². The molecule has 1 aromatic carbocycles. The van der Waals surface area contributed by atoms with Crippen LogP contribution in [0.1, 0.15) is 28.8 Å². The van der Waals surface area contributed by atoms with E-state index in [1.165, 1.54) is 7.11 Å². The summed E-state index contributed by atoms with van der Waals surface area (Å²) in [5.41, 5.74) is 7.03. The maximum atomic E-state index is 11.8. The first-order chi connectivity index (χ1) is 8.46. The second-order valence-corrected chi connectivity index (χ2v) is 4.63. The van der Waals surface area contributed by atoms with E-state index in [-0.39, 0.29) is 5.91 Å². The molecule has 0 spiro atoms. The topological polar surface area (TPSA) is 81.4 Å². The van der Waals surface area contributed by atoms with Crippen LogP contribution in [0.3, 0.4) is 0 Å². The summed E-state index contributed by atoms with van der Waals surface area (Å²) in [4.78, 5) is 23.1. The van der Waals surface area contributed by atoms with Gasteiger partial charge in [0.15, 0.2) is 0 Å². The van der Waals surface area contributed by atoms with E-state index in [4.69, 9.17) is 5.73 Å². The predicted octanol–water partition coefficient (Wildman–Crippen LogP) is 1.21. The number of ether oxygens (including phenoxy) is 1. The van der Waals surface area contributed by atoms with E-state index in [9.17, 15) is 9.59 Å². The molecule has 18 heavy (non-hydrogen) atoms. The molecule has 1 aliphatic carbocycles. The number of carbonyl (C=O) groups is 2. The van der Waals surface area contributed by atoms with E-state index in [0.29, 0.717) is 11.3 Å². The van der Waals surface area contributed by atoms with E-state index in [0.717, 1.165) is 18.4 Å². The largest absolute Gasteiger partial charge is 0.465 e. The SMILES string of the molecule is COC(=O)c1ccc(NC(=O)C2(N)CC2)c(C)c1. The van der Waals surface area contributed by atoms with Crippen molar-refractivity contribution in [2.75, 3.05) is 12.4 Å². The Morgan fingerprint density at radius 2 is 2.06 bits per heavy atom. The lowest BCUT2D eigenvalue weighted by molar-refractivity contribution is -0.118. The zero-order valence-electron chi connectivity index (χ0n) is 10.4. The predicted molar refractivity (Wildman–Crippen MR) is 67.3 cm³/mol. The third-order valence-electron chi connectivity index (χ3n) is 3.14. The summed E-state index contributed by atoms with van der Waals surface area (Å²) in [6, 6.07) is 4.98. The maximum absolute atomic E-state index is 11.8. The van der Waals surface area contributed by atoms with E-state index < -0.39 is 11.5 Å². The summed E-state index contributed by atoms with van der Waals surface area (Å²) in [5.74, 6) is -0.565. The lowest BCUT2D eigenvalue weighted by Gasteiger charge is -2.12. The van der Waals surface area contributed by atoms with Gasteiger partial charge in [0.1, 0.15) is 0 Å². The Hall–Kier alpha value is -1.88. The van der Waals surface area contributed by atoms with Gasteiger partial charge in [-0.2, -0.15) is 0 Å². The smallest absolute Gasteiger partial charge is 0.337 e. The Morgan fingerprint density at radius 3 is 2.56 bits per heavy atom. The molecule has 1 aromatic rings. The van der Waals surface area contributed by atoms with Crippen molar-refractivity contribution in [1.82, 2.24) is 0 Å². The molecule has 0 saturated heterocycles. The normalized spacial score (nSPS) is 15.9. The second-order valence-electron chi connectivity index (χ2n) is 4.63. The number of anilines is 1. The van der Waals surface area contributed by atoms with E-state index >= 15 is 0 Å². The molecule has 1 saturated carbocycles. The van der Waals surface area contributed by atoms with E-state index in [2.05, 4.69) is 10.1 Å². The average Bonchev–Trinajstić information content (AvgIpc) is 3.10. The lowest BCUT2D eigenvalue weighted by Crippen LogP contribution is -2.38. The number of nitrogens with one attached hydrogen (secondary N) is 1. The van der Waals surface area contributed by atoms with Crippen LogP contribution in [0.15, 0.2) is 18.2 Å². The number of aryl methyl sites for hydroxylation is 1. The van der Waals surface area contributed by atoms with Crippen LogP contribution in [0.25, 0.3) is 0 Å².